The third-order valence-electron chi connectivity index (χ3n) is 4.14. The standard InChI is InChI=1S/C16H24N4/c1-3-11-20(12-13-7-6-10-17-13)16-18-14-8-4-5-9-15(14)19(16)2/h4-5,8-9,13,17H,3,6-7,10-12H2,1-2H3. The molecule has 0 bridgehead atoms. The van der Waals surface area contributed by atoms with Crippen molar-refractivity contribution in [1.29, 1.82) is 0 Å². The summed E-state index contributed by atoms with van der Waals surface area (Å²) in [6.45, 7) is 5.52. The summed E-state index contributed by atoms with van der Waals surface area (Å²) in [6.07, 6.45) is 3.73. The van der Waals surface area contributed by atoms with Crippen LogP contribution in [0.2, 0.25) is 0 Å². The van der Waals surface area contributed by atoms with Crippen LogP contribution in [0.1, 0.15) is 26.2 Å². The molecule has 1 aliphatic rings. The summed E-state index contributed by atoms with van der Waals surface area (Å²) < 4.78 is 2.22. The lowest BCUT2D eigenvalue weighted by molar-refractivity contribution is 0.568. The maximum atomic E-state index is 4.83. The summed E-state index contributed by atoms with van der Waals surface area (Å²) in [5, 5.41) is 3.59. The average Bonchev–Trinajstić information content (AvgIpc) is 3.07. The molecular formula is C16H24N4. The molecule has 2 heterocycles. The van der Waals surface area contributed by atoms with Gasteiger partial charge in [-0.3, -0.25) is 0 Å². The summed E-state index contributed by atoms with van der Waals surface area (Å²) in [5.41, 5.74) is 2.30. The highest BCUT2D eigenvalue weighted by molar-refractivity contribution is 5.78. The molecule has 2 aromatic rings. The van der Waals surface area contributed by atoms with Gasteiger partial charge in [-0.25, -0.2) is 4.98 Å². The number of hydrogen-bond donors (Lipinski definition) is 1. The maximum Gasteiger partial charge on any atom is 0.206 e. The average molecular weight is 272 g/mol. The maximum absolute atomic E-state index is 4.83. The number of nitrogens with one attached hydrogen (secondary N) is 1. The van der Waals surface area contributed by atoms with Crippen molar-refractivity contribution < 1.29 is 0 Å². The summed E-state index contributed by atoms with van der Waals surface area (Å²) in [6, 6.07) is 8.99. The van der Waals surface area contributed by atoms with E-state index in [1.54, 1.807) is 0 Å². The van der Waals surface area contributed by atoms with Crippen molar-refractivity contribution in [2.24, 2.45) is 7.05 Å². The minimum absolute atomic E-state index is 0.612. The van der Waals surface area contributed by atoms with Crippen molar-refractivity contribution >= 4 is 17.0 Å². The first-order chi connectivity index (χ1) is 9.79. The fourth-order valence-corrected chi connectivity index (χ4v) is 3.14. The summed E-state index contributed by atoms with van der Waals surface area (Å²) in [7, 11) is 2.12. The van der Waals surface area contributed by atoms with Crippen LogP contribution in [0.4, 0.5) is 5.95 Å². The summed E-state index contributed by atoms with van der Waals surface area (Å²) in [4.78, 5) is 7.27. The number of aromatic nitrogens is 2. The van der Waals surface area contributed by atoms with Crippen molar-refractivity contribution in [2.45, 2.75) is 32.2 Å². The molecule has 1 aliphatic heterocycles. The molecule has 0 amide bonds. The zero-order chi connectivity index (χ0) is 13.9. The van der Waals surface area contributed by atoms with Crippen LogP contribution in [0.3, 0.4) is 0 Å². The van der Waals surface area contributed by atoms with Gasteiger partial charge < -0.3 is 14.8 Å². The van der Waals surface area contributed by atoms with Crippen LogP contribution >= 0.6 is 0 Å². The molecule has 4 nitrogen and oxygen atoms in total. The second-order valence-electron chi connectivity index (χ2n) is 5.70. The Hall–Kier alpha value is -1.55. The van der Waals surface area contributed by atoms with Crippen LogP contribution in [0.5, 0.6) is 0 Å². The highest BCUT2D eigenvalue weighted by Gasteiger charge is 2.21. The lowest BCUT2D eigenvalue weighted by atomic mass is 10.2. The van der Waals surface area contributed by atoms with Crippen LogP contribution in [0.25, 0.3) is 11.0 Å². The molecule has 1 N–H and O–H groups in total. The molecule has 20 heavy (non-hydrogen) atoms. The largest absolute Gasteiger partial charge is 0.341 e. The molecule has 1 aromatic carbocycles. The Kier molecular flexibility index (Phi) is 3.92. The molecule has 1 atom stereocenters. The normalized spacial score (nSPS) is 18.8. The van der Waals surface area contributed by atoms with Gasteiger partial charge in [0.15, 0.2) is 0 Å². The number of nitrogens with zero attached hydrogens (tertiary/aromatic N) is 3. The van der Waals surface area contributed by atoms with E-state index in [-0.39, 0.29) is 0 Å². The first-order valence-electron chi connectivity index (χ1n) is 7.69. The lowest BCUT2D eigenvalue weighted by Crippen LogP contribution is -2.39. The van der Waals surface area contributed by atoms with Gasteiger partial charge in [-0.2, -0.15) is 0 Å². The van der Waals surface area contributed by atoms with Crippen LogP contribution in [-0.2, 0) is 7.05 Å². The number of benzene rings is 1. The first kappa shape index (κ1) is 13.4. The lowest BCUT2D eigenvalue weighted by Gasteiger charge is -2.26. The molecule has 1 unspecified atom stereocenters. The van der Waals surface area contributed by atoms with Crippen molar-refractivity contribution in [1.82, 2.24) is 14.9 Å². The van der Waals surface area contributed by atoms with E-state index in [0.717, 1.165) is 37.5 Å². The van der Waals surface area contributed by atoms with Gasteiger partial charge in [0.05, 0.1) is 11.0 Å². The Morgan fingerprint density at radius 1 is 1.40 bits per heavy atom. The molecule has 1 aromatic heterocycles. The second kappa shape index (κ2) is 5.83. The third-order valence-corrected chi connectivity index (χ3v) is 4.14. The number of hydrogen-bond acceptors (Lipinski definition) is 3. The quantitative estimate of drug-likeness (QED) is 0.908. The summed E-state index contributed by atoms with van der Waals surface area (Å²) in [5.74, 6) is 1.10. The van der Waals surface area contributed by atoms with Gasteiger partial charge >= 0.3 is 0 Å². The Balaban J connectivity index is 1.89. The molecule has 1 fully saturated rings. The number of rotatable bonds is 5. The monoisotopic (exact) mass is 272 g/mol. The van der Waals surface area contributed by atoms with Gasteiger partial charge in [0.1, 0.15) is 0 Å². The fourth-order valence-electron chi connectivity index (χ4n) is 3.14. The van der Waals surface area contributed by atoms with Gasteiger partial charge in [0.25, 0.3) is 0 Å². The molecule has 1 saturated heterocycles. The number of fused-ring (bicyclic) bond motifs is 1. The Labute approximate surface area is 120 Å². The molecule has 0 radical (unpaired) electrons. The van der Waals surface area contributed by atoms with Gasteiger partial charge in [0, 0.05) is 26.2 Å². The van der Waals surface area contributed by atoms with Gasteiger partial charge in [-0.1, -0.05) is 19.1 Å². The first-order valence-corrected chi connectivity index (χ1v) is 7.69. The smallest absolute Gasteiger partial charge is 0.206 e. The number of aryl methyl sites for hydroxylation is 1. The second-order valence-corrected chi connectivity index (χ2v) is 5.70. The van der Waals surface area contributed by atoms with Gasteiger partial charge in [-0.15, -0.1) is 0 Å². The Morgan fingerprint density at radius 3 is 2.95 bits per heavy atom. The predicted molar refractivity (Wildman–Crippen MR) is 84.2 cm³/mol. The Bertz CT molecular complexity index is 569. The SMILES string of the molecule is CCCN(CC1CCCN1)c1nc2ccccc2n1C. The van der Waals surface area contributed by atoms with Crippen molar-refractivity contribution in [3.05, 3.63) is 24.3 Å². The minimum atomic E-state index is 0.612. The Morgan fingerprint density at radius 2 is 2.25 bits per heavy atom. The molecule has 0 aliphatic carbocycles. The third kappa shape index (κ3) is 2.52. The fraction of sp³-hybridized carbons (Fsp3) is 0.562. The van der Waals surface area contributed by atoms with Crippen LogP contribution in [-0.4, -0.2) is 35.2 Å². The highest BCUT2D eigenvalue weighted by atomic mass is 15.3. The van der Waals surface area contributed by atoms with E-state index in [2.05, 4.69) is 53.0 Å². The van der Waals surface area contributed by atoms with Crippen molar-refractivity contribution in [2.75, 3.05) is 24.5 Å². The van der Waals surface area contributed by atoms with E-state index in [0.29, 0.717) is 6.04 Å². The van der Waals surface area contributed by atoms with E-state index in [4.69, 9.17) is 4.98 Å². The number of anilines is 1. The zero-order valence-electron chi connectivity index (χ0n) is 12.5. The summed E-state index contributed by atoms with van der Waals surface area (Å²) >= 11 is 0. The predicted octanol–water partition coefficient (Wildman–Crippen LogP) is 2.54. The molecule has 3 rings (SSSR count). The molecule has 0 saturated carbocycles. The van der Waals surface area contributed by atoms with E-state index in [9.17, 15) is 0 Å². The van der Waals surface area contributed by atoms with Gasteiger partial charge in [-0.05, 0) is 37.9 Å². The van der Waals surface area contributed by atoms with E-state index >= 15 is 0 Å². The minimum Gasteiger partial charge on any atom is -0.341 e. The van der Waals surface area contributed by atoms with Crippen LogP contribution < -0.4 is 10.2 Å². The van der Waals surface area contributed by atoms with E-state index in [1.165, 1.54) is 18.4 Å². The van der Waals surface area contributed by atoms with E-state index in [1.807, 2.05) is 0 Å². The molecule has 108 valence electrons. The number of para-hydroxylation sites is 2. The van der Waals surface area contributed by atoms with Gasteiger partial charge in [0.2, 0.25) is 5.95 Å². The number of imidazole rings is 1. The molecular weight excluding hydrogens is 248 g/mol. The van der Waals surface area contributed by atoms with Crippen molar-refractivity contribution in [3.63, 3.8) is 0 Å². The zero-order valence-corrected chi connectivity index (χ0v) is 12.5. The molecule has 0 spiro atoms. The highest BCUT2D eigenvalue weighted by Crippen LogP contribution is 2.22. The topological polar surface area (TPSA) is 33.1 Å². The van der Waals surface area contributed by atoms with Crippen LogP contribution in [0.15, 0.2) is 24.3 Å². The molecule has 4 heteroatoms. The van der Waals surface area contributed by atoms with Crippen LogP contribution in [0, 0.1) is 0 Å². The van der Waals surface area contributed by atoms with Crippen molar-refractivity contribution in [3.8, 4) is 0 Å². The van der Waals surface area contributed by atoms with E-state index < -0.39 is 0 Å².